The molecule has 0 unspecified atom stereocenters. The van der Waals surface area contributed by atoms with Gasteiger partial charge in [-0.15, -0.1) is 0 Å². The molecule has 3 rings (SSSR count). The Kier molecular flexibility index (Phi) is 3.36. The van der Waals surface area contributed by atoms with Gasteiger partial charge in [0.15, 0.2) is 0 Å². The maximum Gasteiger partial charge on any atom is 0.347 e. The van der Waals surface area contributed by atoms with Crippen molar-refractivity contribution in [2.45, 2.75) is 0 Å². The number of rotatable bonds is 3. The van der Waals surface area contributed by atoms with Gasteiger partial charge in [0.2, 0.25) is 0 Å². The van der Waals surface area contributed by atoms with Gasteiger partial charge in [-0.25, -0.2) is 4.79 Å². The third kappa shape index (κ3) is 2.36. The first-order valence-corrected chi connectivity index (χ1v) is 6.48. The third-order valence-electron chi connectivity index (χ3n) is 3.35. The molecule has 0 saturated heterocycles. The quantitative estimate of drug-likeness (QED) is 0.738. The van der Waals surface area contributed by atoms with E-state index < -0.39 is 5.63 Å². The van der Waals surface area contributed by atoms with Gasteiger partial charge < -0.3 is 13.9 Å². The molecule has 0 aliphatic carbocycles. The molecule has 0 fully saturated rings. The van der Waals surface area contributed by atoms with Crippen molar-refractivity contribution in [1.82, 2.24) is 0 Å². The van der Waals surface area contributed by atoms with Gasteiger partial charge in [0.1, 0.15) is 22.6 Å². The highest BCUT2D eigenvalue weighted by atomic mass is 16.5. The Morgan fingerprint density at radius 1 is 0.952 bits per heavy atom. The van der Waals surface area contributed by atoms with Crippen LogP contribution in [0.4, 0.5) is 0 Å². The van der Waals surface area contributed by atoms with Crippen LogP contribution in [0, 0.1) is 0 Å². The molecular formula is C17H14O4. The number of fused-ring (bicyclic) bond motifs is 1. The zero-order valence-electron chi connectivity index (χ0n) is 11.8. The Balaban J connectivity index is 2.18. The average Bonchev–Trinajstić information content (AvgIpc) is 2.54. The van der Waals surface area contributed by atoms with Gasteiger partial charge in [0.25, 0.3) is 0 Å². The molecule has 0 radical (unpaired) electrons. The summed E-state index contributed by atoms with van der Waals surface area (Å²) in [5.41, 5.74) is 0.411. The van der Waals surface area contributed by atoms with Gasteiger partial charge in [0, 0.05) is 5.56 Å². The van der Waals surface area contributed by atoms with Gasteiger partial charge in [0.05, 0.1) is 14.2 Å². The second-order valence-corrected chi connectivity index (χ2v) is 4.55. The Morgan fingerprint density at radius 3 is 2.38 bits per heavy atom. The molecule has 0 aliphatic rings. The number of hydrogen-bond donors (Lipinski definition) is 0. The van der Waals surface area contributed by atoms with Gasteiger partial charge in [-0.05, 0) is 41.8 Å². The number of ether oxygens (including phenoxy) is 2. The second kappa shape index (κ2) is 5.32. The van der Waals surface area contributed by atoms with E-state index in [0.717, 1.165) is 16.7 Å². The summed E-state index contributed by atoms with van der Waals surface area (Å²) in [7, 11) is 3.14. The first-order valence-electron chi connectivity index (χ1n) is 6.48. The maximum absolute atomic E-state index is 12.2. The standard InChI is InChI=1S/C17H14O4/c1-19-13-8-6-11(7-9-13)15-10-12-4-3-5-14(20-2)16(12)17(18)21-15/h3-10H,1-2H3. The van der Waals surface area contributed by atoms with Crippen molar-refractivity contribution in [2.75, 3.05) is 14.2 Å². The topological polar surface area (TPSA) is 48.7 Å². The number of benzene rings is 2. The summed E-state index contributed by atoms with van der Waals surface area (Å²) in [6, 6.07) is 14.6. The van der Waals surface area contributed by atoms with Crippen LogP contribution in [-0.4, -0.2) is 14.2 Å². The molecule has 4 nitrogen and oxygen atoms in total. The van der Waals surface area contributed by atoms with Crippen molar-refractivity contribution in [3.05, 3.63) is 59.0 Å². The lowest BCUT2D eigenvalue weighted by Crippen LogP contribution is -2.02. The van der Waals surface area contributed by atoms with Gasteiger partial charge in [-0.2, -0.15) is 0 Å². The van der Waals surface area contributed by atoms with Crippen LogP contribution in [-0.2, 0) is 0 Å². The van der Waals surface area contributed by atoms with Crippen molar-refractivity contribution >= 4 is 10.8 Å². The fraction of sp³-hybridized carbons (Fsp3) is 0.118. The van der Waals surface area contributed by atoms with Crippen molar-refractivity contribution in [3.63, 3.8) is 0 Å². The summed E-state index contributed by atoms with van der Waals surface area (Å²) < 4.78 is 15.7. The third-order valence-corrected chi connectivity index (χ3v) is 3.35. The Labute approximate surface area is 121 Å². The van der Waals surface area contributed by atoms with E-state index in [1.54, 1.807) is 13.2 Å². The molecule has 0 bridgehead atoms. The molecule has 0 atom stereocenters. The molecule has 3 aromatic rings. The molecule has 1 aromatic heterocycles. The minimum atomic E-state index is -0.407. The summed E-state index contributed by atoms with van der Waals surface area (Å²) >= 11 is 0. The summed E-state index contributed by atoms with van der Waals surface area (Å²) in [6.07, 6.45) is 0. The predicted molar refractivity (Wildman–Crippen MR) is 81.0 cm³/mol. The van der Waals surface area contributed by atoms with Crippen LogP contribution in [0.5, 0.6) is 11.5 Å². The van der Waals surface area contributed by atoms with Gasteiger partial charge in [-0.3, -0.25) is 0 Å². The first kappa shape index (κ1) is 13.2. The van der Waals surface area contributed by atoms with E-state index in [-0.39, 0.29) is 0 Å². The summed E-state index contributed by atoms with van der Waals surface area (Å²) in [5.74, 6) is 1.79. The highest BCUT2D eigenvalue weighted by molar-refractivity contribution is 5.89. The largest absolute Gasteiger partial charge is 0.497 e. The molecule has 4 heteroatoms. The molecular weight excluding hydrogens is 268 g/mol. The van der Waals surface area contributed by atoms with Crippen LogP contribution in [0.1, 0.15) is 0 Å². The van der Waals surface area contributed by atoms with E-state index in [2.05, 4.69) is 0 Å². The smallest absolute Gasteiger partial charge is 0.347 e. The lowest BCUT2D eigenvalue weighted by molar-refractivity contribution is 0.414. The van der Waals surface area contributed by atoms with E-state index in [9.17, 15) is 4.79 Å². The maximum atomic E-state index is 12.2. The second-order valence-electron chi connectivity index (χ2n) is 4.55. The molecule has 1 heterocycles. The minimum Gasteiger partial charge on any atom is -0.497 e. The zero-order valence-corrected chi connectivity index (χ0v) is 11.8. The molecule has 21 heavy (non-hydrogen) atoms. The SMILES string of the molecule is COc1ccc(-c2cc3cccc(OC)c3c(=O)o2)cc1. The van der Waals surface area contributed by atoms with Crippen LogP contribution in [0.3, 0.4) is 0 Å². The van der Waals surface area contributed by atoms with Crippen molar-refractivity contribution in [1.29, 1.82) is 0 Å². The monoisotopic (exact) mass is 282 g/mol. The Hall–Kier alpha value is -2.75. The van der Waals surface area contributed by atoms with Crippen LogP contribution in [0.2, 0.25) is 0 Å². The first-order chi connectivity index (χ1) is 10.2. The lowest BCUT2D eigenvalue weighted by Gasteiger charge is -2.06. The summed E-state index contributed by atoms with van der Waals surface area (Å²) in [4.78, 5) is 12.2. The fourth-order valence-corrected chi connectivity index (χ4v) is 2.28. The molecule has 0 N–H and O–H groups in total. The van der Waals surface area contributed by atoms with Crippen molar-refractivity contribution in [2.24, 2.45) is 0 Å². The summed E-state index contributed by atoms with van der Waals surface area (Å²) in [5, 5.41) is 1.24. The molecule has 0 amide bonds. The zero-order chi connectivity index (χ0) is 14.8. The summed E-state index contributed by atoms with van der Waals surface area (Å²) in [6.45, 7) is 0. The number of methoxy groups -OCH3 is 2. The average molecular weight is 282 g/mol. The molecule has 0 aliphatic heterocycles. The fourth-order valence-electron chi connectivity index (χ4n) is 2.28. The van der Waals surface area contributed by atoms with E-state index >= 15 is 0 Å². The van der Waals surface area contributed by atoms with Crippen LogP contribution < -0.4 is 15.1 Å². The van der Waals surface area contributed by atoms with Crippen molar-refractivity contribution < 1.29 is 13.9 Å². The van der Waals surface area contributed by atoms with Crippen LogP contribution >= 0.6 is 0 Å². The van der Waals surface area contributed by atoms with E-state index in [4.69, 9.17) is 13.9 Å². The minimum absolute atomic E-state index is 0.407. The molecule has 2 aromatic carbocycles. The van der Waals surface area contributed by atoms with Crippen LogP contribution in [0.15, 0.2) is 57.7 Å². The van der Waals surface area contributed by atoms with Crippen LogP contribution in [0.25, 0.3) is 22.1 Å². The van der Waals surface area contributed by atoms with E-state index in [1.807, 2.05) is 42.5 Å². The van der Waals surface area contributed by atoms with Gasteiger partial charge in [-0.1, -0.05) is 12.1 Å². The lowest BCUT2D eigenvalue weighted by atomic mass is 10.1. The van der Waals surface area contributed by atoms with Crippen molar-refractivity contribution in [3.8, 4) is 22.8 Å². The van der Waals surface area contributed by atoms with Gasteiger partial charge >= 0.3 is 5.63 Å². The predicted octanol–water partition coefficient (Wildman–Crippen LogP) is 3.48. The normalized spacial score (nSPS) is 10.6. The number of hydrogen-bond acceptors (Lipinski definition) is 4. The van der Waals surface area contributed by atoms with E-state index in [0.29, 0.717) is 16.9 Å². The molecule has 0 spiro atoms. The highest BCUT2D eigenvalue weighted by Gasteiger charge is 2.10. The van der Waals surface area contributed by atoms with E-state index in [1.165, 1.54) is 7.11 Å². The Morgan fingerprint density at radius 2 is 1.71 bits per heavy atom. The Bertz CT molecular complexity index is 832. The molecule has 106 valence electrons. The molecule has 0 saturated carbocycles. The highest BCUT2D eigenvalue weighted by Crippen LogP contribution is 2.27.